The number of methoxy groups -OCH3 is 5. The van der Waals surface area contributed by atoms with Crippen LogP contribution in [0, 0.1) is 0 Å². The van der Waals surface area contributed by atoms with E-state index < -0.39 is 0 Å². The highest BCUT2D eigenvalue weighted by Crippen LogP contribution is 2.56. The van der Waals surface area contributed by atoms with Crippen LogP contribution in [-0.2, 0) is 25.7 Å². The van der Waals surface area contributed by atoms with Crippen LogP contribution in [-0.4, -0.2) is 72.5 Å². The summed E-state index contributed by atoms with van der Waals surface area (Å²) in [6.07, 6.45) is 3.11. The largest absolute Gasteiger partial charge is 0.497 e. The van der Waals surface area contributed by atoms with Gasteiger partial charge >= 0.3 is 0 Å². The lowest BCUT2D eigenvalue weighted by atomic mass is 9.86. The number of rotatable bonds is 5. The maximum atomic E-state index is 7.25. The molecule has 252 valence electrons. The van der Waals surface area contributed by atoms with Crippen molar-refractivity contribution in [2.24, 2.45) is 0 Å². The third-order valence-corrected chi connectivity index (χ3v) is 10.1. The zero-order chi connectivity index (χ0) is 33.5. The molecule has 2 atom stereocenters. The van der Waals surface area contributed by atoms with Crippen molar-refractivity contribution in [2.75, 3.05) is 62.7 Å². The summed E-state index contributed by atoms with van der Waals surface area (Å²) >= 11 is 0. The van der Waals surface area contributed by atoms with Crippen LogP contribution in [0.5, 0.6) is 51.7 Å². The minimum atomic E-state index is -0.0325. The molecular formula is C39H44N2O7. The quantitative estimate of drug-likeness (QED) is 0.223. The predicted molar refractivity (Wildman–Crippen MR) is 184 cm³/mol. The molecule has 0 fully saturated rings. The summed E-state index contributed by atoms with van der Waals surface area (Å²) in [7, 11) is 12.7. The first-order valence-electron chi connectivity index (χ1n) is 16.4. The average molecular weight is 653 g/mol. The first-order chi connectivity index (χ1) is 23.4. The van der Waals surface area contributed by atoms with Crippen LogP contribution in [0.15, 0.2) is 54.6 Å². The molecule has 48 heavy (non-hydrogen) atoms. The van der Waals surface area contributed by atoms with Crippen molar-refractivity contribution < 1.29 is 33.2 Å². The van der Waals surface area contributed by atoms with Crippen molar-refractivity contribution >= 4 is 0 Å². The molecule has 0 N–H and O–H groups in total. The average Bonchev–Trinajstić information content (AvgIpc) is 3.10. The molecule has 9 heteroatoms. The summed E-state index contributed by atoms with van der Waals surface area (Å²) in [4.78, 5) is 4.78. The number of nitrogens with zero attached hydrogens (tertiary/aromatic N) is 2. The number of benzene rings is 4. The van der Waals surface area contributed by atoms with Crippen LogP contribution in [0.3, 0.4) is 0 Å². The van der Waals surface area contributed by atoms with E-state index in [-0.39, 0.29) is 12.1 Å². The molecule has 0 amide bonds. The Kier molecular flexibility index (Phi) is 8.74. The van der Waals surface area contributed by atoms with Crippen molar-refractivity contribution in [1.29, 1.82) is 0 Å². The van der Waals surface area contributed by atoms with Gasteiger partial charge in [0.25, 0.3) is 0 Å². The molecule has 4 aromatic rings. The second-order valence-corrected chi connectivity index (χ2v) is 12.8. The van der Waals surface area contributed by atoms with Gasteiger partial charge in [-0.1, -0.05) is 18.2 Å². The van der Waals surface area contributed by atoms with Gasteiger partial charge in [-0.2, -0.15) is 0 Å². The Morgan fingerprint density at radius 3 is 1.96 bits per heavy atom. The topological polar surface area (TPSA) is 71.1 Å². The number of likely N-dealkylation sites (N-methyl/N-ethyl adjacent to an activating group) is 2. The maximum absolute atomic E-state index is 7.25. The Labute approximate surface area is 282 Å². The number of ether oxygens (including phenoxy) is 7. The van der Waals surface area contributed by atoms with Crippen molar-refractivity contribution in [1.82, 2.24) is 9.80 Å². The zero-order valence-corrected chi connectivity index (χ0v) is 28.8. The molecule has 0 radical (unpaired) electrons. The number of hydrogen-bond donors (Lipinski definition) is 0. The summed E-state index contributed by atoms with van der Waals surface area (Å²) in [6.45, 7) is 1.75. The smallest absolute Gasteiger partial charge is 0.208 e. The lowest BCUT2D eigenvalue weighted by molar-refractivity contribution is 0.213. The molecule has 4 aliphatic heterocycles. The Hall–Kier alpha value is -4.60. The van der Waals surface area contributed by atoms with Gasteiger partial charge in [0.15, 0.2) is 23.0 Å². The monoisotopic (exact) mass is 652 g/mol. The van der Waals surface area contributed by atoms with E-state index in [0.29, 0.717) is 34.5 Å². The van der Waals surface area contributed by atoms with Crippen LogP contribution >= 0.6 is 0 Å². The standard InChI is InChI=1S/C39H44N2O7/c1-40-16-14-25-21-27(42-3)22-33-34(25)29(40)19-24-10-13-31(43-4)32(20-24)47-26-11-8-23(9-12-26)18-30-35-28(15-17-41(30)2)36(44-5)38(45-6)39(46-7)37(35)48-33/h8-13,20-22,29-30H,14-19H2,1-7H3/t29-,30?/m1/s1. The molecule has 4 heterocycles. The SMILES string of the molecule is COc1cc2c3c(c1)Oc1c(OC)c(OC)c(OC)c4c1C(Cc1ccc(cc1)Oc1cc(ccc1OC)C[C@H]3N(C)CC2)N(C)CC4. The van der Waals surface area contributed by atoms with Crippen molar-refractivity contribution in [3.05, 3.63) is 88.0 Å². The molecule has 4 aliphatic rings. The fraction of sp³-hybridized carbons (Fsp3) is 0.385. The maximum Gasteiger partial charge on any atom is 0.208 e. The first kappa shape index (κ1) is 32.0. The van der Waals surface area contributed by atoms with Crippen LogP contribution in [0.25, 0.3) is 0 Å². The van der Waals surface area contributed by atoms with Gasteiger partial charge in [0.1, 0.15) is 17.2 Å². The minimum Gasteiger partial charge on any atom is -0.497 e. The molecule has 4 bridgehead atoms. The van der Waals surface area contributed by atoms with Crippen LogP contribution in [0.4, 0.5) is 0 Å². The number of hydrogen-bond acceptors (Lipinski definition) is 9. The third-order valence-electron chi connectivity index (χ3n) is 10.1. The summed E-state index contributed by atoms with van der Waals surface area (Å²) in [5, 5.41) is 0. The van der Waals surface area contributed by atoms with Gasteiger partial charge in [-0.3, -0.25) is 9.80 Å². The summed E-state index contributed by atoms with van der Waals surface area (Å²) < 4.78 is 43.5. The van der Waals surface area contributed by atoms with E-state index in [0.717, 1.165) is 83.8 Å². The van der Waals surface area contributed by atoms with Crippen LogP contribution in [0.2, 0.25) is 0 Å². The van der Waals surface area contributed by atoms with E-state index in [1.54, 1.807) is 35.5 Å². The van der Waals surface area contributed by atoms with Gasteiger partial charge in [-0.15, -0.1) is 0 Å². The van der Waals surface area contributed by atoms with Gasteiger partial charge in [-0.05, 0) is 86.8 Å². The Morgan fingerprint density at radius 2 is 1.27 bits per heavy atom. The summed E-state index contributed by atoms with van der Waals surface area (Å²) in [5.74, 6) is 5.97. The fourth-order valence-electron chi connectivity index (χ4n) is 7.62. The Bertz CT molecular complexity index is 1820. The zero-order valence-electron chi connectivity index (χ0n) is 28.8. The molecule has 1 unspecified atom stereocenters. The normalized spacial score (nSPS) is 18.8. The van der Waals surface area contributed by atoms with Gasteiger partial charge in [0.2, 0.25) is 11.5 Å². The highest BCUT2D eigenvalue weighted by molar-refractivity contribution is 5.70. The lowest BCUT2D eigenvalue weighted by Crippen LogP contribution is -2.35. The van der Waals surface area contributed by atoms with Gasteiger partial charge in [0, 0.05) is 47.9 Å². The Balaban J connectivity index is 1.52. The van der Waals surface area contributed by atoms with Crippen molar-refractivity contribution in [3.63, 3.8) is 0 Å². The molecule has 0 saturated carbocycles. The summed E-state index contributed by atoms with van der Waals surface area (Å²) in [5.41, 5.74) is 6.73. The van der Waals surface area contributed by atoms with E-state index in [2.05, 4.69) is 54.2 Å². The number of fused-ring (bicyclic) bond motifs is 2. The second-order valence-electron chi connectivity index (χ2n) is 12.8. The molecule has 0 spiro atoms. The van der Waals surface area contributed by atoms with Crippen LogP contribution in [0.1, 0.15) is 45.5 Å². The van der Waals surface area contributed by atoms with E-state index in [1.165, 1.54) is 5.56 Å². The van der Waals surface area contributed by atoms with E-state index in [1.807, 2.05) is 24.3 Å². The van der Waals surface area contributed by atoms with Gasteiger partial charge < -0.3 is 33.2 Å². The van der Waals surface area contributed by atoms with Crippen LogP contribution < -0.4 is 33.2 Å². The van der Waals surface area contributed by atoms with E-state index in [9.17, 15) is 0 Å². The lowest BCUT2D eigenvalue weighted by Gasteiger charge is -2.39. The molecule has 4 aromatic carbocycles. The predicted octanol–water partition coefficient (Wildman–Crippen LogP) is 7.17. The van der Waals surface area contributed by atoms with Gasteiger partial charge in [-0.25, -0.2) is 0 Å². The molecular weight excluding hydrogens is 608 g/mol. The fourth-order valence-corrected chi connectivity index (χ4v) is 7.62. The van der Waals surface area contributed by atoms with E-state index in [4.69, 9.17) is 33.2 Å². The molecule has 0 aliphatic carbocycles. The molecule has 9 nitrogen and oxygen atoms in total. The second kappa shape index (κ2) is 13.1. The van der Waals surface area contributed by atoms with Gasteiger partial charge in [0.05, 0.1) is 35.5 Å². The van der Waals surface area contributed by atoms with Crippen molar-refractivity contribution in [2.45, 2.75) is 37.8 Å². The minimum absolute atomic E-state index is 0.0193. The molecule has 0 saturated heterocycles. The molecule has 0 aromatic heterocycles. The molecule has 8 rings (SSSR count). The first-order valence-corrected chi connectivity index (χ1v) is 16.4. The Morgan fingerprint density at radius 1 is 0.604 bits per heavy atom. The third kappa shape index (κ3) is 5.54. The van der Waals surface area contributed by atoms with E-state index >= 15 is 0 Å². The van der Waals surface area contributed by atoms with Crippen molar-refractivity contribution in [3.8, 4) is 51.7 Å². The highest BCUT2D eigenvalue weighted by atomic mass is 16.5. The summed E-state index contributed by atoms with van der Waals surface area (Å²) in [6, 6.07) is 18.6. The highest BCUT2D eigenvalue weighted by Gasteiger charge is 2.38.